The van der Waals surface area contributed by atoms with Gasteiger partial charge in [0.2, 0.25) is 5.91 Å². The minimum atomic E-state index is 0.235. The molecule has 0 saturated carbocycles. The highest BCUT2D eigenvalue weighted by molar-refractivity contribution is 5.76. The normalized spacial score (nSPS) is 14.7. The highest BCUT2D eigenvalue weighted by Gasteiger charge is 2.22. The molecule has 2 aromatic carbocycles. The lowest BCUT2D eigenvalue weighted by Gasteiger charge is -2.36. The second-order valence-electron chi connectivity index (χ2n) is 5.60. The zero-order chi connectivity index (χ0) is 16.1. The third-order valence-electron chi connectivity index (χ3n) is 4.11. The summed E-state index contributed by atoms with van der Waals surface area (Å²) in [7, 11) is 0. The highest BCUT2D eigenvalue weighted by atomic mass is 16.5. The second-order valence-corrected chi connectivity index (χ2v) is 5.60. The molecule has 0 spiro atoms. The first-order chi connectivity index (χ1) is 11.3. The molecule has 1 aliphatic heterocycles. The topological polar surface area (TPSA) is 32.8 Å². The van der Waals surface area contributed by atoms with Crippen molar-refractivity contribution in [3.05, 3.63) is 54.6 Å². The molecule has 0 radical (unpaired) electrons. The molecule has 2 aromatic rings. The molecule has 1 fully saturated rings. The van der Waals surface area contributed by atoms with E-state index in [0.717, 1.165) is 43.4 Å². The Morgan fingerprint density at radius 1 is 0.957 bits per heavy atom. The Morgan fingerprint density at radius 3 is 2.30 bits per heavy atom. The molecule has 0 unspecified atom stereocenters. The van der Waals surface area contributed by atoms with Gasteiger partial charge in [-0.05, 0) is 24.3 Å². The molecule has 4 heteroatoms. The van der Waals surface area contributed by atoms with Crippen LogP contribution in [0.25, 0.3) is 0 Å². The zero-order valence-electron chi connectivity index (χ0n) is 13.4. The number of rotatable bonds is 4. The lowest BCUT2D eigenvalue weighted by atomic mass is 10.2. The predicted molar refractivity (Wildman–Crippen MR) is 92.0 cm³/mol. The van der Waals surface area contributed by atoms with Crippen LogP contribution in [-0.2, 0) is 4.79 Å². The largest absolute Gasteiger partial charge is 0.455 e. The molecule has 0 atom stereocenters. The summed E-state index contributed by atoms with van der Waals surface area (Å²) in [4.78, 5) is 16.0. The molecule has 120 valence electrons. The summed E-state index contributed by atoms with van der Waals surface area (Å²) in [6.45, 7) is 5.12. The number of carbonyl (C=O) groups excluding carboxylic acids is 1. The van der Waals surface area contributed by atoms with Crippen LogP contribution in [-0.4, -0.2) is 37.0 Å². The van der Waals surface area contributed by atoms with Crippen molar-refractivity contribution >= 4 is 11.6 Å². The van der Waals surface area contributed by atoms with Crippen molar-refractivity contribution in [3.63, 3.8) is 0 Å². The maximum Gasteiger partial charge on any atom is 0.222 e. The molecule has 1 saturated heterocycles. The number of nitrogens with zero attached hydrogens (tertiary/aromatic N) is 2. The van der Waals surface area contributed by atoms with Crippen molar-refractivity contribution in [1.29, 1.82) is 0 Å². The summed E-state index contributed by atoms with van der Waals surface area (Å²) in [6, 6.07) is 17.9. The van der Waals surface area contributed by atoms with Gasteiger partial charge in [0.25, 0.3) is 0 Å². The van der Waals surface area contributed by atoms with Gasteiger partial charge < -0.3 is 14.5 Å². The molecular weight excluding hydrogens is 288 g/mol. The fourth-order valence-electron chi connectivity index (χ4n) is 2.84. The Hall–Kier alpha value is -2.49. The summed E-state index contributed by atoms with van der Waals surface area (Å²) in [6.07, 6.45) is 0.577. The van der Waals surface area contributed by atoms with Gasteiger partial charge in [0.15, 0.2) is 5.75 Å². The third-order valence-corrected chi connectivity index (χ3v) is 4.11. The van der Waals surface area contributed by atoms with Crippen molar-refractivity contribution in [2.24, 2.45) is 0 Å². The summed E-state index contributed by atoms with van der Waals surface area (Å²) in [5.74, 6) is 1.92. The lowest BCUT2D eigenvalue weighted by molar-refractivity contribution is -0.131. The molecule has 1 aliphatic rings. The molecular formula is C19H22N2O2. The summed E-state index contributed by atoms with van der Waals surface area (Å²) >= 11 is 0. The van der Waals surface area contributed by atoms with Crippen molar-refractivity contribution in [3.8, 4) is 11.5 Å². The minimum absolute atomic E-state index is 0.235. The van der Waals surface area contributed by atoms with Crippen LogP contribution >= 0.6 is 0 Å². The van der Waals surface area contributed by atoms with E-state index in [-0.39, 0.29) is 5.91 Å². The van der Waals surface area contributed by atoms with E-state index in [4.69, 9.17) is 4.74 Å². The van der Waals surface area contributed by atoms with Gasteiger partial charge in [0.1, 0.15) is 5.75 Å². The van der Waals surface area contributed by atoms with Gasteiger partial charge >= 0.3 is 0 Å². The fourth-order valence-corrected chi connectivity index (χ4v) is 2.84. The van der Waals surface area contributed by atoms with Crippen LogP contribution in [0.2, 0.25) is 0 Å². The van der Waals surface area contributed by atoms with E-state index >= 15 is 0 Å². The predicted octanol–water partition coefficient (Wildman–Crippen LogP) is 3.54. The monoisotopic (exact) mass is 310 g/mol. The van der Waals surface area contributed by atoms with Crippen LogP contribution in [0.15, 0.2) is 54.6 Å². The molecule has 3 rings (SSSR count). The Bertz CT molecular complexity index is 649. The van der Waals surface area contributed by atoms with E-state index in [0.29, 0.717) is 6.42 Å². The number of ether oxygens (including phenoxy) is 1. The van der Waals surface area contributed by atoms with Gasteiger partial charge in [-0.25, -0.2) is 0 Å². The van der Waals surface area contributed by atoms with E-state index in [1.165, 1.54) is 0 Å². The minimum Gasteiger partial charge on any atom is -0.455 e. The lowest BCUT2D eigenvalue weighted by Crippen LogP contribution is -2.48. The van der Waals surface area contributed by atoms with Crippen LogP contribution in [0, 0.1) is 0 Å². The standard InChI is InChI=1S/C19H22N2O2/c1-2-19(22)21-14-12-20(13-15-21)17-10-6-7-11-18(17)23-16-8-4-3-5-9-16/h3-11H,2,12-15H2,1H3. The number of amides is 1. The molecule has 1 amide bonds. The fraction of sp³-hybridized carbons (Fsp3) is 0.316. The van der Waals surface area contributed by atoms with E-state index < -0.39 is 0 Å². The zero-order valence-corrected chi connectivity index (χ0v) is 13.4. The van der Waals surface area contributed by atoms with Crippen LogP contribution in [0.5, 0.6) is 11.5 Å². The number of piperazine rings is 1. The number of carbonyl (C=O) groups is 1. The first-order valence-electron chi connectivity index (χ1n) is 8.12. The van der Waals surface area contributed by atoms with Gasteiger partial charge in [-0.1, -0.05) is 37.3 Å². The molecule has 0 aromatic heterocycles. The maximum absolute atomic E-state index is 11.8. The van der Waals surface area contributed by atoms with E-state index in [1.807, 2.05) is 60.4 Å². The smallest absolute Gasteiger partial charge is 0.222 e. The SMILES string of the molecule is CCC(=O)N1CCN(c2ccccc2Oc2ccccc2)CC1. The van der Waals surface area contributed by atoms with E-state index in [9.17, 15) is 4.79 Å². The highest BCUT2D eigenvalue weighted by Crippen LogP contribution is 2.32. The number of anilines is 1. The van der Waals surface area contributed by atoms with Crippen molar-refractivity contribution in [2.45, 2.75) is 13.3 Å². The van der Waals surface area contributed by atoms with Gasteiger partial charge in [-0.15, -0.1) is 0 Å². The Balaban J connectivity index is 1.73. The molecule has 0 N–H and O–H groups in total. The second kappa shape index (κ2) is 7.18. The number of hydrogen-bond acceptors (Lipinski definition) is 3. The van der Waals surface area contributed by atoms with Crippen LogP contribution < -0.4 is 9.64 Å². The molecule has 1 heterocycles. The first-order valence-corrected chi connectivity index (χ1v) is 8.12. The summed E-state index contributed by atoms with van der Waals surface area (Å²) in [5.41, 5.74) is 1.08. The summed E-state index contributed by atoms with van der Waals surface area (Å²) < 4.78 is 6.04. The number of benzene rings is 2. The van der Waals surface area contributed by atoms with Crippen molar-refractivity contribution in [2.75, 3.05) is 31.1 Å². The Morgan fingerprint density at radius 2 is 1.61 bits per heavy atom. The Kier molecular flexibility index (Phi) is 4.81. The van der Waals surface area contributed by atoms with Gasteiger partial charge in [0, 0.05) is 32.6 Å². The summed E-state index contributed by atoms with van der Waals surface area (Å²) in [5, 5.41) is 0. The number of hydrogen-bond donors (Lipinski definition) is 0. The van der Waals surface area contributed by atoms with Crippen LogP contribution in [0.4, 0.5) is 5.69 Å². The third kappa shape index (κ3) is 3.65. The first kappa shape index (κ1) is 15.4. The average Bonchev–Trinajstić information content (AvgIpc) is 2.62. The van der Waals surface area contributed by atoms with Crippen LogP contribution in [0.3, 0.4) is 0 Å². The Labute approximate surface area is 137 Å². The van der Waals surface area contributed by atoms with Crippen molar-refractivity contribution in [1.82, 2.24) is 4.90 Å². The van der Waals surface area contributed by atoms with E-state index in [2.05, 4.69) is 11.0 Å². The van der Waals surface area contributed by atoms with Crippen LogP contribution in [0.1, 0.15) is 13.3 Å². The molecule has 4 nitrogen and oxygen atoms in total. The molecule has 0 aliphatic carbocycles. The molecule has 0 bridgehead atoms. The van der Waals surface area contributed by atoms with Gasteiger partial charge in [0.05, 0.1) is 5.69 Å². The van der Waals surface area contributed by atoms with Gasteiger partial charge in [-0.2, -0.15) is 0 Å². The molecule has 23 heavy (non-hydrogen) atoms. The average molecular weight is 310 g/mol. The maximum atomic E-state index is 11.8. The van der Waals surface area contributed by atoms with Gasteiger partial charge in [-0.3, -0.25) is 4.79 Å². The number of para-hydroxylation sites is 3. The quantitative estimate of drug-likeness (QED) is 0.866. The van der Waals surface area contributed by atoms with Crippen molar-refractivity contribution < 1.29 is 9.53 Å². The van der Waals surface area contributed by atoms with E-state index in [1.54, 1.807) is 0 Å².